The maximum Gasteiger partial charge on any atom is 0.330 e. The van der Waals surface area contributed by atoms with Crippen LogP contribution < -0.4 is 0 Å². The summed E-state index contributed by atoms with van der Waals surface area (Å²) in [5.41, 5.74) is 7.31. The third-order valence-corrected chi connectivity index (χ3v) is 3.78. The molecule has 0 heterocycles. The number of allylic oxidation sites excluding steroid dienone is 1. The van der Waals surface area contributed by atoms with E-state index in [0.717, 1.165) is 17.6 Å². The molecule has 20 heavy (non-hydrogen) atoms. The molecule has 0 unspecified atom stereocenters. The van der Waals surface area contributed by atoms with Crippen LogP contribution in [0.15, 0.2) is 48.5 Å². The maximum atomic E-state index is 11.3. The molecule has 0 aromatic heterocycles. The molecule has 100 valence electrons. The predicted octanol–water partition coefficient (Wildman–Crippen LogP) is 3.83. The van der Waals surface area contributed by atoms with Crippen molar-refractivity contribution in [3.8, 4) is 11.1 Å². The summed E-state index contributed by atoms with van der Waals surface area (Å²) >= 11 is 0. The van der Waals surface area contributed by atoms with Gasteiger partial charge in [0.05, 0.1) is 7.11 Å². The summed E-state index contributed by atoms with van der Waals surface area (Å²) in [5, 5.41) is 0. The van der Waals surface area contributed by atoms with Gasteiger partial charge in [-0.2, -0.15) is 0 Å². The fourth-order valence-corrected chi connectivity index (χ4v) is 2.71. The maximum absolute atomic E-state index is 11.3. The summed E-state index contributed by atoms with van der Waals surface area (Å²) in [7, 11) is 1.39. The van der Waals surface area contributed by atoms with E-state index in [-0.39, 0.29) is 5.97 Å². The van der Waals surface area contributed by atoms with Crippen LogP contribution in [-0.2, 0) is 16.0 Å². The van der Waals surface area contributed by atoms with Crippen molar-refractivity contribution in [3.05, 3.63) is 65.2 Å². The van der Waals surface area contributed by atoms with Gasteiger partial charge in [-0.25, -0.2) is 4.79 Å². The molecule has 2 aromatic carbocycles. The van der Waals surface area contributed by atoms with E-state index in [2.05, 4.69) is 47.2 Å². The summed E-state index contributed by atoms with van der Waals surface area (Å²) in [4.78, 5) is 11.3. The smallest absolute Gasteiger partial charge is 0.330 e. The lowest BCUT2D eigenvalue weighted by Gasteiger charge is -2.05. The molecule has 3 rings (SSSR count). The molecule has 0 amide bonds. The van der Waals surface area contributed by atoms with E-state index < -0.39 is 0 Å². The van der Waals surface area contributed by atoms with Crippen molar-refractivity contribution in [2.24, 2.45) is 0 Å². The summed E-state index contributed by atoms with van der Waals surface area (Å²) in [6, 6.07) is 14.9. The minimum Gasteiger partial charge on any atom is -0.466 e. The van der Waals surface area contributed by atoms with Crippen LogP contribution in [0.5, 0.6) is 0 Å². The van der Waals surface area contributed by atoms with Crippen LogP contribution in [0.3, 0.4) is 0 Å². The average Bonchev–Trinajstić information content (AvgIpc) is 2.84. The van der Waals surface area contributed by atoms with Crippen LogP contribution in [0.4, 0.5) is 0 Å². The molecule has 2 aromatic rings. The number of ether oxygens (including phenoxy) is 1. The van der Waals surface area contributed by atoms with Crippen LogP contribution in [0.25, 0.3) is 16.7 Å². The second-order valence-electron chi connectivity index (χ2n) is 5.06. The number of hydrogen-bond donors (Lipinski definition) is 0. The Hall–Kier alpha value is -2.35. The average molecular weight is 264 g/mol. The highest BCUT2D eigenvalue weighted by Gasteiger charge is 2.18. The molecule has 2 nitrogen and oxygen atoms in total. The number of rotatable bonds is 2. The first-order valence-corrected chi connectivity index (χ1v) is 6.67. The van der Waals surface area contributed by atoms with Crippen molar-refractivity contribution in [2.45, 2.75) is 13.3 Å². The van der Waals surface area contributed by atoms with Gasteiger partial charge in [0.1, 0.15) is 0 Å². The van der Waals surface area contributed by atoms with Crippen molar-refractivity contribution < 1.29 is 9.53 Å². The molecule has 0 aliphatic heterocycles. The molecule has 1 aliphatic rings. The largest absolute Gasteiger partial charge is 0.466 e. The van der Waals surface area contributed by atoms with Crippen LogP contribution in [0.2, 0.25) is 0 Å². The van der Waals surface area contributed by atoms with Crippen molar-refractivity contribution >= 4 is 11.5 Å². The van der Waals surface area contributed by atoms with E-state index in [9.17, 15) is 4.79 Å². The molecule has 2 heteroatoms. The molecule has 0 atom stereocenters. The zero-order chi connectivity index (χ0) is 14.1. The van der Waals surface area contributed by atoms with Gasteiger partial charge < -0.3 is 4.74 Å². The van der Waals surface area contributed by atoms with Gasteiger partial charge in [-0.3, -0.25) is 0 Å². The summed E-state index contributed by atoms with van der Waals surface area (Å²) in [6.45, 7) is 1.93. The Labute approximate surface area is 118 Å². The van der Waals surface area contributed by atoms with Crippen molar-refractivity contribution in [1.82, 2.24) is 0 Å². The molecule has 0 spiro atoms. The summed E-state index contributed by atoms with van der Waals surface area (Å²) in [6.07, 6.45) is 2.49. The van der Waals surface area contributed by atoms with Gasteiger partial charge in [0.15, 0.2) is 0 Å². The highest BCUT2D eigenvalue weighted by atomic mass is 16.5. The van der Waals surface area contributed by atoms with E-state index in [1.807, 2.05) is 6.92 Å². The van der Waals surface area contributed by atoms with Crippen molar-refractivity contribution in [2.75, 3.05) is 7.11 Å². The van der Waals surface area contributed by atoms with Gasteiger partial charge >= 0.3 is 5.97 Å². The van der Waals surface area contributed by atoms with Gasteiger partial charge in [0.2, 0.25) is 0 Å². The van der Waals surface area contributed by atoms with Gasteiger partial charge in [-0.05, 0) is 46.7 Å². The number of fused-ring (bicyclic) bond motifs is 3. The van der Waals surface area contributed by atoms with Crippen LogP contribution in [0.1, 0.15) is 23.6 Å². The van der Waals surface area contributed by atoms with Gasteiger partial charge in [0.25, 0.3) is 0 Å². The Balaban J connectivity index is 1.99. The third kappa shape index (κ3) is 2.14. The van der Waals surface area contributed by atoms with E-state index in [1.165, 1.54) is 35.4 Å². The van der Waals surface area contributed by atoms with E-state index >= 15 is 0 Å². The molecule has 0 N–H and O–H groups in total. The monoisotopic (exact) mass is 264 g/mol. The Morgan fingerprint density at radius 2 is 1.85 bits per heavy atom. The highest BCUT2D eigenvalue weighted by Crippen LogP contribution is 2.37. The Morgan fingerprint density at radius 1 is 1.10 bits per heavy atom. The second kappa shape index (κ2) is 4.97. The Bertz CT molecular complexity index is 711. The first kappa shape index (κ1) is 12.7. The fourth-order valence-electron chi connectivity index (χ4n) is 2.71. The molecule has 0 bridgehead atoms. The molecule has 0 radical (unpaired) electrons. The number of hydrogen-bond acceptors (Lipinski definition) is 2. The van der Waals surface area contributed by atoms with Crippen molar-refractivity contribution in [3.63, 3.8) is 0 Å². The zero-order valence-corrected chi connectivity index (χ0v) is 11.6. The lowest BCUT2D eigenvalue weighted by Crippen LogP contribution is -1.96. The molecular formula is C18H16O2. The first-order valence-electron chi connectivity index (χ1n) is 6.67. The molecule has 1 aliphatic carbocycles. The SMILES string of the molecule is COC(=O)/C=C(/C)c1ccc2c(c1)Cc1ccccc1-2. The Kier molecular flexibility index (Phi) is 3.15. The number of carbonyl (C=O) groups excluding carboxylic acids is 1. The Morgan fingerprint density at radius 3 is 2.65 bits per heavy atom. The van der Waals surface area contributed by atoms with E-state index in [4.69, 9.17) is 0 Å². The topological polar surface area (TPSA) is 26.3 Å². The molecule has 0 fully saturated rings. The molecule has 0 saturated heterocycles. The lowest BCUT2D eigenvalue weighted by atomic mass is 10.00. The van der Waals surface area contributed by atoms with Gasteiger partial charge in [0, 0.05) is 6.08 Å². The quantitative estimate of drug-likeness (QED) is 0.519. The lowest BCUT2D eigenvalue weighted by molar-refractivity contribution is -0.134. The van der Waals surface area contributed by atoms with Crippen molar-refractivity contribution in [1.29, 1.82) is 0 Å². The van der Waals surface area contributed by atoms with Crippen LogP contribution in [0, 0.1) is 0 Å². The van der Waals surface area contributed by atoms with Crippen LogP contribution in [-0.4, -0.2) is 13.1 Å². The number of methoxy groups -OCH3 is 1. The number of carbonyl (C=O) groups is 1. The van der Waals surface area contributed by atoms with Crippen LogP contribution >= 0.6 is 0 Å². The third-order valence-electron chi connectivity index (χ3n) is 3.78. The predicted molar refractivity (Wildman–Crippen MR) is 80.4 cm³/mol. The summed E-state index contributed by atoms with van der Waals surface area (Å²) in [5.74, 6) is -0.314. The summed E-state index contributed by atoms with van der Waals surface area (Å²) < 4.78 is 4.67. The minimum atomic E-state index is -0.314. The fraction of sp³-hybridized carbons (Fsp3) is 0.167. The number of esters is 1. The first-order chi connectivity index (χ1) is 9.69. The van der Waals surface area contributed by atoms with Gasteiger partial charge in [-0.1, -0.05) is 42.5 Å². The molecule has 0 saturated carbocycles. The van der Waals surface area contributed by atoms with Gasteiger partial charge in [-0.15, -0.1) is 0 Å². The van der Waals surface area contributed by atoms with E-state index in [0.29, 0.717) is 0 Å². The normalized spacial score (nSPS) is 12.8. The van der Waals surface area contributed by atoms with E-state index in [1.54, 1.807) is 0 Å². The molecular weight excluding hydrogens is 248 g/mol. The minimum absolute atomic E-state index is 0.314. The highest BCUT2D eigenvalue weighted by molar-refractivity contribution is 5.91. The second-order valence-corrected chi connectivity index (χ2v) is 5.06. The number of benzene rings is 2. The standard InChI is InChI=1S/C18H16O2/c1-12(9-18(19)20-2)13-7-8-17-15(10-13)11-14-5-3-4-6-16(14)17/h3-10H,11H2,1-2H3/b12-9-. The zero-order valence-electron chi connectivity index (χ0n) is 11.6.